The largest absolute Gasteiger partial charge is 0.358 e. The Bertz CT molecular complexity index is 380. The van der Waals surface area contributed by atoms with E-state index in [0.717, 1.165) is 18.2 Å². The maximum absolute atomic E-state index is 5.50. The zero-order valence-corrected chi connectivity index (χ0v) is 11.7. The van der Waals surface area contributed by atoms with Crippen LogP contribution in [0.1, 0.15) is 38.2 Å². The van der Waals surface area contributed by atoms with Crippen LogP contribution in [0.2, 0.25) is 0 Å². The number of hydrogen-bond acceptors (Lipinski definition) is 2. The molecule has 1 aromatic rings. The van der Waals surface area contributed by atoms with Crippen molar-refractivity contribution in [2.75, 3.05) is 6.54 Å². The molecule has 0 radical (unpaired) electrons. The first kappa shape index (κ1) is 13.3. The van der Waals surface area contributed by atoms with Gasteiger partial charge in [-0.2, -0.15) is 0 Å². The molecule has 2 rings (SSSR count). The van der Waals surface area contributed by atoms with Crippen LogP contribution in [0.25, 0.3) is 0 Å². The Balaban J connectivity index is 1.87. The lowest BCUT2D eigenvalue weighted by Gasteiger charge is -2.30. The van der Waals surface area contributed by atoms with Gasteiger partial charge >= 0.3 is 0 Å². The van der Waals surface area contributed by atoms with Crippen molar-refractivity contribution >= 4 is 17.3 Å². The van der Waals surface area contributed by atoms with Crippen LogP contribution in [0.3, 0.4) is 0 Å². The molecular weight excluding hydrogens is 242 g/mol. The Kier molecular flexibility index (Phi) is 4.93. The molecule has 1 unspecified atom stereocenters. The minimum absolute atomic E-state index is 0.557. The highest BCUT2D eigenvalue weighted by Gasteiger charge is 2.18. The van der Waals surface area contributed by atoms with Gasteiger partial charge in [-0.15, -0.1) is 0 Å². The van der Waals surface area contributed by atoms with E-state index in [9.17, 15) is 0 Å². The third-order valence-electron chi connectivity index (χ3n) is 3.48. The zero-order valence-electron chi connectivity index (χ0n) is 10.9. The SMILES string of the molecule is CC1CCCCCN1C(=S)NCc1cccnc1. The zero-order chi connectivity index (χ0) is 12.8. The molecule has 0 aromatic carbocycles. The molecule has 0 aliphatic carbocycles. The molecule has 2 heterocycles. The number of pyridine rings is 1. The number of rotatable bonds is 2. The van der Waals surface area contributed by atoms with Gasteiger partial charge in [0.2, 0.25) is 0 Å². The van der Waals surface area contributed by atoms with Crippen LogP contribution < -0.4 is 5.32 Å². The molecule has 1 saturated heterocycles. The monoisotopic (exact) mass is 263 g/mol. The van der Waals surface area contributed by atoms with Crippen molar-refractivity contribution in [1.29, 1.82) is 0 Å². The van der Waals surface area contributed by atoms with E-state index >= 15 is 0 Å². The first-order valence-corrected chi connectivity index (χ1v) is 7.11. The molecule has 1 aliphatic heterocycles. The summed E-state index contributed by atoms with van der Waals surface area (Å²) in [7, 11) is 0. The molecule has 1 aliphatic rings. The summed E-state index contributed by atoms with van der Waals surface area (Å²) in [4.78, 5) is 6.44. The van der Waals surface area contributed by atoms with E-state index in [4.69, 9.17) is 12.2 Å². The molecule has 0 bridgehead atoms. The van der Waals surface area contributed by atoms with Gasteiger partial charge in [0.15, 0.2) is 5.11 Å². The average Bonchev–Trinajstić information content (AvgIpc) is 2.62. The molecule has 1 N–H and O–H groups in total. The first-order valence-electron chi connectivity index (χ1n) is 6.71. The third kappa shape index (κ3) is 3.67. The van der Waals surface area contributed by atoms with Crippen molar-refractivity contribution in [3.63, 3.8) is 0 Å². The van der Waals surface area contributed by atoms with Crippen molar-refractivity contribution in [3.8, 4) is 0 Å². The summed E-state index contributed by atoms with van der Waals surface area (Å²) in [5.74, 6) is 0. The molecule has 18 heavy (non-hydrogen) atoms. The molecule has 3 nitrogen and oxygen atoms in total. The summed E-state index contributed by atoms with van der Waals surface area (Å²) in [5, 5.41) is 4.23. The molecule has 4 heteroatoms. The van der Waals surface area contributed by atoms with Crippen molar-refractivity contribution < 1.29 is 0 Å². The molecule has 0 saturated carbocycles. The van der Waals surface area contributed by atoms with Gasteiger partial charge in [0.05, 0.1) is 0 Å². The maximum atomic E-state index is 5.50. The molecule has 1 aromatic heterocycles. The van der Waals surface area contributed by atoms with Crippen LogP contribution in [-0.4, -0.2) is 27.6 Å². The normalized spacial score (nSPS) is 20.3. The average molecular weight is 263 g/mol. The molecule has 0 amide bonds. The number of aromatic nitrogens is 1. The molecule has 1 fully saturated rings. The fourth-order valence-corrected chi connectivity index (χ4v) is 2.70. The lowest BCUT2D eigenvalue weighted by molar-refractivity contribution is 0.331. The van der Waals surface area contributed by atoms with Crippen LogP contribution in [-0.2, 0) is 6.54 Å². The summed E-state index contributed by atoms with van der Waals surface area (Å²) in [5.41, 5.74) is 1.17. The van der Waals surface area contributed by atoms with E-state index in [0.29, 0.717) is 6.04 Å². The van der Waals surface area contributed by atoms with Crippen molar-refractivity contribution in [1.82, 2.24) is 15.2 Å². The fourth-order valence-electron chi connectivity index (χ4n) is 2.36. The predicted molar refractivity (Wildman–Crippen MR) is 78.3 cm³/mol. The van der Waals surface area contributed by atoms with Gasteiger partial charge in [-0.1, -0.05) is 18.9 Å². The Morgan fingerprint density at radius 1 is 1.50 bits per heavy atom. The number of thiocarbonyl (C=S) groups is 1. The van der Waals surface area contributed by atoms with E-state index in [-0.39, 0.29) is 0 Å². The second-order valence-electron chi connectivity index (χ2n) is 4.91. The number of hydrogen-bond donors (Lipinski definition) is 1. The van der Waals surface area contributed by atoms with Gasteiger partial charge in [0, 0.05) is 31.5 Å². The van der Waals surface area contributed by atoms with Crippen LogP contribution in [0.15, 0.2) is 24.5 Å². The van der Waals surface area contributed by atoms with Gasteiger partial charge < -0.3 is 10.2 Å². The highest BCUT2D eigenvalue weighted by molar-refractivity contribution is 7.80. The second kappa shape index (κ2) is 6.69. The highest BCUT2D eigenvalue weighted by Crippen LogP contribution is 2.16. The van der Waals surface area contributed by atoms with Crippen molar-refractivity contribution in [2.24, 2.45) is 0 Å². The molecule has 0 spiro atoms. The van der Waals surface area contributed by atoms with E-state index in [1.165, 1.54) is 31.2 Å². The highest BCUT2D eigenvalue weighted by atomic mass is 32.1. The van der Waals surface area contributed by atoms with E-state index < -0.39 is 0 Å². The van der Waals surface area contributed by atoms with Gasteiger partial charge in [-0.05, 0) is 43.6 Å². The fraction of sp³-hybridized carbons (Fsp3) is 0.571. The van der Waals surface area contributed by atoms with Gasteiger partial charge in [-0.25, -0.2) is 0 Å². The third-order valence-corrected chi connectivity index (χ3v) is 3.86. The maximum Gasteiger partial charge on any atom is 0.169 e. The topological polar surface area (TPSA) is 28.2 Å². The predicted octanol–water partition coefficient (Wildman–Crippen LogP) is 2.72. The van der Waals surface area contributed by atoms with E-state index in [1.807, 2.05) is 12.3 Å². The van der Waals surface area contributed by atoms with E-state index in [1.54, 1.807) is 6.20 Å². The minimum atomic E-state index is 0.557. The Hall–Kier alpha value is -1.16. The number of likely N-dealkylation sites (tertiary alicyclic amines) is 1. The van der Waals surface area contributed by atoms with Crippen molar-refractivity contribution in [3.05, 3.63) is 30.1 Å². The Labute approximate surface area is 115 Å². The Morgan fingerprint density at radius 2 is 2.39 bits per heavy atom. The summed E-state index contributed by atoms with van der Waals surface area (Å²) in [6, 6.07) is 4.57. The summed E-state index contributed by atoms with van der Waals surface area (Å²) in [6.07, 6.45) is 8.81. The summed E-state index contributed by atoms with van der Waals surface area (Å²) < 4.78 is 0. The quantitative estimate of drug-likeness (QED) is 0.831. The second-order valence-corrected chi connectivity index (χ2v) is 5.30. The van der Waals surface area contributed by atoms with Crippen LogP contribution >= 0.6 is 12.2 Å². The van der Waals surface area contributed by atoms with Gasteiger partial charge in [-0.3, -0.25) is 4.98 Å². The molecule has 98 valence electrons. The lowest BCUT2D eigenvalue weighted by atomic mass is 10.1. The van der Waals surface area contributed by atoms with Gasteiger partial charge in [0.1, 0.15) is 0 Å². The number of nitrogens with zero attached hydrogens (tertiary/aromatic N) is 2. The van der Waals surface area contributed by atoms with Gasteiger partial charge in [0.25, 0.3) is 0 Å². The Morgan fingerprint density at radius 3 is 3.17 bits per heavy atom. The van der Waals surface area contributed by atoms with Crippen LogP contribution in [0, 0.1) is 0 Å². The first-order chi connectivity index (χ1) is 8.77. The minimum Gasteiger partial charge on any atom is -0.358 e. The van der Waals surface area contributed by atoms with E-state index in [2.05, 4.69) is 28.2 Å². The summed E-state index contributed by atoms with van der Waals surface area (Å²) >= 11 is 5.50. The molecule has 1 atom stereocenters. The standard InChI is InChI=1S/C14H21N3S/c1-12-6-3-2-4-9-17(12)14(18)16-11-13-7-5-8-15-10-13/h5,7-8,10,12H,2-4,6,9,11H2,1H3,(H,16,18). The molecular formula is C14H21N3S. The summed E-state index contributed by atoms with van der Waals surface area (Å²) in [6.45, 7) is 4.11. The van der Waals surface area contributed by atoms with Crippen LogP contribution in [0.4, 0.5) is 0 Å². The van der Waals surface area contributed by atoms with Crippen LogP contribution in [0.5, 0.6) is 0 Å². The smallest absolute Gasteiger partial charge is 0.169 e. The number of nitrogens with one attached hydrogen (secondary N) is 1. The van der Waals surface area contributed by atoms with Crippen molar-refractivity contribution in [2.45, 2.75) is 45.2 Å². The lowest BCUT2D eigenvalue weighted by Crippen LogP contribution is -2.44.